The summed E-state index contributed by atoms with van der Waals surface area (Å²) in [7, 11) is 3.13. The summed E-state index contributed by atoms with van der Waals surface area (Å²) in [6, 6.07) is 8.34. The minimum atomic E-state index is -0.287. The number of hydrogen-bond donors (Lipinski definition) is 0. The summed E-state index contributed by atoms with van der Waals surface area (Å²) in [5.41, 5.74) is 1.82. The lowest BCUT2D eigenvalue weighted by molar-refractivity contribution is 0.0600. The molecular formula is C15H21NO3. The molecule has 4 nitrogen and oxygen atoms in total. The van der Waals surface area contributed by atoms with Gasteiger partial charge >= 0.3 is 5.97 Å². The number of methoxy groups -OCH3 is 2. The van der Waals surface area contributed by atoms with Gasteiger partial charge in [0.25, 0.3) is 0 Å². The first-order valence-electron chi connectivity index (χ1n) is 6.65. The molecule has 1 aromatic rings. The van der Waals surface area contributed by atoms with E-state index in [1.165, 1.54) is 25.5 Å². The lowest BCUT2D eigenvalue weighted by Crippen LogP contribution is -2.29. The molecule has 0 amide bonds. The molecule has 0 atom stereocenters. The van der Waals surface area contributed by atoms with Crippen molar-refractivity contribution in [2.45, 2.75) is 25.4 Å². The van der Waals surface area contributed by atoms with Gasteiger partial charge in [-0.05, 0) is 30.5 Å². The Labute approximate surface area is 114 Å². The Bertz CT molecular complexity index is 412. The quantitative estimate of drug-likeness (QED) is 0.706. The lowest BCUT2D eigenvalue weighted by Gasteiger charge is -2.21. The average Bonchev–Trinajstić information content (AvgIpc) is 3.28. The summed E-state index contributed by atoms with van der Waals surface area (Å²) < 4.78 is 9.84. The van der Waals surface area contributed by atoms with Crippen LogP contribution in [0.2, 0.25) is 0 Å². The van der Waals surface area contributed by atoms with E-state index >= 15 is 0 Å². The van der Waals surface area contributed by atoms with E-state index in [0.717, 1.165) is 19.7 Å². The van der Waals surface area contributed by atoms with E-state index in [4.69, 9.17) is 9.47 Å². The lowest BCUT2D eigenvalue weighted by atomic mass is 10.1. The fourth-order valence-corrected chi connectivity index (χ4v) is 2.14. The molecule has 19 heavy (non-hydrogen) atoms. The monoisotopic (exact) mass is 263 g/mol. The van der Waals surface area contributed by atoms with Gasteiger partial charge in [0.15, 0.2) is 0 Å². The van der Waals surface area contributed by atoms with Gasteiger partial charge in [-0.3, -0.25) is 4.90 Å². The van der Waals surface area contributed by atoms with Crippen LogP contribution in [0.25, 0.3) is 0 Å². The molecule has 1 aliphatic rings. The molecule has 0 unspecified atom stereocenters. The zero-order chi connectivity index (χ0) is 13.7. The van der Waals surface area contributed by atoms with Crippen LogP contribution in [-0.4, -0.2) is 44.3 Å². The van der Waals surface area contributed by atoms with E-state index in [0.29, 0.717) is 11.6 Å². The van der Waals surface area contributed by atoms with Crippen LogP contribution >= 0.6 is 0 Å². The second-order valence-electron chi connectivity index (χ2n) is 4.88. The highest BCUT2D eigenvalue weighted by Crippen LogP contribution is 2.28. The Hall–Kier alpha value is -1.39. The smallest absolute Gasteiger partial charge is 0.337 e. The normalized spacial score (nSPS) is 14.7. The Morgan fingerprint density at radius 2 is 1.95 bits per heavy atom. The minimum absolute atomic E-state index is 0.287. The van der Waals surface area contributed by atoms with E-state index in [2.05, 4.69) is 4.90 Å². The molecule has 0 N–H and O–H groups in total. The van der Waals surface area contributed by atoms with Crippen LogP contribution < -0.4 is 0 Å². The van der Waals surface area contributed by atoms with Gasteiger partial charge in [0.05, 0.1) is 19.3 Å². The van der Waals surface area contributed by atoms with E-state index in [-0.39, 0.29) is 5.97 Å². The molecule has 2 rings (SSSR count). The Balaban J connectivity index is 1.95. The van der Waals surface area contributed by atoms with E-state index in [1.807, 2.05) is 24.3 Å². The van der Waals surface area contributed by atoms with Gasteiger partial charge in [-0.2, -0.15) is 0 Å². The zero-order valence-corrected chi connectivity index (χ0v) is 11.6. The fraction of sp³-hybridized carbons (Fsp3) is 0.533. The van der Waals surface area contributed by atoms with Gasteiger partial charge in [-0.25, -0.2) is 4.79 Å². The van der Waals surface area contributed by atoms with Gasteiger partial charge in [0.2, 0.25) is 0 Å². The summed E-state index contributed by atoms with van der Waals surface area (Å²) in [6.07, 6.45) is 2.56. The molecule has 1 saturated carbocycles. The summed E-state index contributed by atoms with van der Waals surface area (Å²) in [6.45, 7) is 2.63. The van der Waals surface area contributed by atoms with Crippen LogP contribution in [-0.2, 0) is 16.0 Å². The first kappa shape index (κ1) is 14.0. The van der Waals surface area contributed by atoms with E-state index in [1.54, 1.807) is 7.11 Å². The first-order valence-corrected chi connectivity index (χ1v) is 6.65. The van der Waals surface area contributed by atoms with Crippen LogP contribution in [0.4, 0.5) is 0 Å². The van der Waals surface area contributed by atoms with Gasteiger partial charge in [0.1, 0.15) is 0 Å². The number of carbonyl (C=O) groups is 1. The van der Waals surface area contributed by atoms with Crippen molar-refractivity contribution in [3.05, 3.63) is 35.4 Å². The topological polar surface area (TPSA) is 38.8 Å². The van der Waals surface area contributed by atoms with Crippen molar-refractivity contribution in [1.29, 1.82) is 0 Å². The largest absolute Gasteiger partial charge is 0.465 e. The van der Waals surface area contributed by atoms with Crippen molar-refractivity contribution < 1.29 is 14.3 Å². The highest BCUT2D eigenvalue weighted by atomic mass is 16.5. The number of ether oxygens (including phenoxy) is 2. The molecule has 0 aliphatic heterocycles. The summed E-state index contributed by atoms with van der Waals surface area (Å²) >= 11 is 0. The second kappa shape index (κ2) is 6.68. The zero-order valence-electron chi connectivity index (χ0n) is 11.6. The summed E-state index contributed by atoms with van der Waals surface area (Å²) in [5, 5.41) is 0. The molecule has 104 valence electrons. The molecule has 1 aliphatic carbocycles. The molecule has 0 aromatic heterocycles. The van der Waals surface area contributed by atoms with Crippen molar-refractivity contribution in [1.82, 2.24) is 4.90 Å². The standard InChI is InChI=1S/C15H21NO3/c1-18-10-9-16(14-7-8-14)11-12-3-5-13(6-4-12)15(17)19-2/h3-6,14H,7-11H2,1-2H3. The van der Waals surface area contributed by atoms with Crippen molar-refractivity contribution in [3.63, 3.8) is 0 Å². The first-order chi connectivity index (χ1) is 9.24. The maximum Gasteiger partial charge on any atom is 0.337 e. The Kier molecular flexibility index (Phi) is 4.93. The van der Waals surface area contributed by atoms with Crippen LogP contribution in [0.15, 0.2) is 24.3 Å². The number of carbonyl (C=O) groups excluding carboxylic acids is 1. The van der Waals surface area contributed by atoms with E-state index < -0.39 is 0 Å². The summed E-state index contributed by atoms with van der Waals surface area (Å²) in [4.78, 5) is 13.8. The number of rotatable bonds is 7. The molecule has 0 heterocycles. The third kappa shape index (κ3) is 4.04. The van der Waals surface area contributed by atoms with Crippen LogP contribution in [0, 0.1) is 0 Å². The van der Waals surface area contributed by atoms with Gasteiger partial charge in [0, 0.05) is 26.2 Å². The number of esters is 1. The third-order valence-corrected chi connectivity index (χ3v) is 3.41. The molecule has 1 aromatic carbocycles. The second-order valence-corrected chi connectivity index (χ2v) is 4.88. The van der Waals surface area contributed by atoms with Crippen LogP contribution in [0.3, 0.4) is 0 Å². The molecular weight excluding hydrogens is 242 g/mol. The number of benzene rings is 1. The molecule has 0 saturated heterocycles. The van der Waals surface area contributed by atoms with Crippen molar-refractivity contribution >= 4 is 5.97 Å². The summed E-state index contributed by atoms with van der Waals surface area (Å²) in [5.74, 6) is -0.287. The SMILES string of the molecule is COCCN(Cc1ccc(C(=O)OC)cc1)C1CC1. The van der Waals surface area contributed by atoms with Crippen LogP contribution in [0.1, 0.15) is 28.8 Å². The minimum Gasteiger partial charge on any atom is -0.465 e. The predicted octanol–water partition coefficient (Wildman–Crippen LogP) is 2.08. The molecule has 1 fully saturated rings. The van der Waals surface area contributed by atoms with Gasteiger partial charge in [-0.15, -0.1) is 0 Å². The van der Waals surface area contributed by atoms with E-state index in [9.17, 15) is 4.79 Å². The maximum atomic E-state index is 11.4. The Morgan fingerprint density at radius 1 is 1.26 bits per heavy atom. The fourth-order valence-electron chi connectivity index (χ4n) is 2.14. The number of nitrogens with zero attached hydrogens (tertiary/aromatic N) is 1. The van der Waals surface area contributed by atoms with Crippen LogP contribution in [0.5, 0.6) is 0 Å². The highest BCUT2D eigenvalue weighted by molar-refractivity contribution is 5.89. The molecule has 0 radical (unpaired) electrons. The van der Waals surface area contributed by atoms with Crippen molar-refractivity contribution in [3.8, 4) is 0 Å². The predicted molar refractivity (Wildman–Crippen MR) is 73.1 cm³/mol. The van der Waals surface area contributed by atoms with Gasteiger partial charge < -0.3 is 9.47 Å². The highest BCUT2D eigenvalue weighted by Gasteiger charge is 2.28. The van der Waals surface area contributed by atoms with Crippen molar-refractivity contribution in [2.24, 2.45) is 0 Å². The van der Waals surface area contributed by atoms with Crippen molar-refractivity contribution in [2.75, 3.05) is 27.4 Å². The average molecular weight is 263 g/mol. The maximum absolute atomic E-state index is 11.4. The molecule has 0 spiro atoms. The number of hydrogen-bond acceptors (Lipinski definition) is 4. The third-order valence-electron chi connectivity index (χ3n) is 3.41. The molecule has 0 bridgehead atoms. The Morgan fingerprint density at radius 3 is 2.47 bits per heavy atom. The van der Waals surface area contributed by atoms with Gasteiger partial charge in [-0.1, -0.05) is 12.1 Å². The molecule has 4 heteroatoms.